The summed E-state index contributed by atoms with van der Waals surface area (Å²) in [5.41, 5.74) is 3.78. The smallest absolute Gasteiger partial charge is 0.272 e. The van der Waals surface area contributed by atoms with Gasteiger partial charge in [-0.15, -0.1) is 11.3 Å². The molecule has 8 nitrogen and oxygen atoms in total. The van der Waals surface area contributed by atoms with E-state index in [0.717, 1.165) is 27.7 Å². The molecule has 5 aromatic rings. The average Bonchev–Trinajstić information content (AvgIpc) is 3.52. The quantitative estimate of drug-likeness (QED) is 0.403. The van der Waals surface area contributed by atoms with Crippen molar-refractivity contribution in [2.45, 2.75) is 26.8 Å². The van der Waals surface area contributed by atoms with Crippen LogP contribution in [0.25, 0.3) is 17.0 Å². The Morgan fingerprint density at radius 1 is 1.06 bits per heavy atom. The van der Waals surface area contributed by atoms with E-state index >= 15 is 0 Å². The van der Waals surface area contributed by atoms with Crippen molar-refractivity contribution in [3.8, 4) is 11.5 Å². The highest BCUT2D eigenvalue weighted by Crippen LogP contribution is 2.23. The second-order valence-corrected chi connectivity index (χ2v) is 8.79. The molecule has 0 saturated heterocycles. The van der Waals surface area contributed by atoms with Gasteiger partial charge in [0, 0.05) is 42.6 Å². The van der Waals surface area contributed by atoms with Crippen molar-refractivity contribution < 1.29 is 4.79 Å². The molecular weight excluding hydrogens is 434 g/mol. The third-order valence-electron chi connectivity index (χ3n) is 5.36. The van der Waals surface area contributed by atoms with E-state index in [1.165, 1.54) is 0 Å². The molecule has 5 heterocycles. The van der Waals surface area contributed by atoms with Crippen LogP contribution in [-0.4, -0.2) is 41.4 Å². The van der Waals surface area contributed by atoms with Crippen molar-refractivity contribution in [1.29, 1.82) is 0 Å². The van der Waals surface area contributed by atoms with E-state index in [1.807, 2.05) is 67.0 Å². The second kappa shape index (κ2) is 8.95. The topological polar surface area (TPSA) is 90.0 Å². The highest BCUT2D eigenvalue weighted by molar-refractivity contribution is 7.09. The number of hydrogen-bond acceptors (Lipinski definition) is 6. The number of nitrogens with zero attached hydrogens (tertiary/aromatic N) is 6. The first kappa shape index (κ1) is 21.0. The van der Waals surface area contributed by atoms with E-state index < -0.39 is 0 Å². The molecule has 0 bridgehead atoms. The SMILES string of the molecule is Cc1nc(Cn2cc(-c3nc(C(=O)NCCc4ccccn4)c4ccccn34)nc2C)cs1. The summed E-state index contributed by atoms with van der Waals surface area (Å²) in [7, 11) is 0. The van der Waals surface area contributed by atoms with Crippen LogP contribution in [0.15, 0.2) is 60.4 Å². The molecule has 0 aliphatic carbocycles. The average molecular weight is 458 g/mol. The standard InChI is InChI=1S/C24H23N7OS/c1-16-27-20(14-30(16)13-19-15-33-17(2)28-19)23-29-22(21-8-4-6-12-31(21)23)24(32)26-11-9-18-7-3-5-10-25-18/h3-8,10,12,14-15H,9,11,13H2,1-2H3,(H,26,32). The van der Waals surface area contributed by atoms with Gasteiger partial charge in [-0.05, 0) is 38.1 Å². The van der Waals surface area contributed by atoms with Crippen molar-refractivity contribution in [3.05, 3.63) is 88.3 Å². The fourth-order valence-corrected chi connectivity index (χ4v) is 4.35. The molecule has 1 N–H and O–H groups in total. The number of pyridine rings is 2. The van der Waals surface area contributed by atoms with Crippen LogP contribution < -0.4 is 5.32 Å². The normalized spacial score (nSPS) is 11.2. The predicted octanol–water partition coefficient (Wildman–Crippen LogP) is 3.69. The number of carbonyl (C=O) groups is 1. The largest absolute Gasteiger partial charge is 0.350 e. The van der Waals surface area contributed by atoms with Crippen molar-refractivity contribution in [3.63, 3.8) is 0 Å². The number of nitrogens with one attached hydrogen (secondary N) is 1. The van der Waals surface area contributed by atoms with Crippen molar-refractivity contribution in [2.24, 2.45) is 0 Å². The van der Waals surface area contributed by atoms with Gasteiger partial charge >= 0.3 is 0 Å². The lowest BCUT2D eigenvalue weighted by Crippen LogP contribution is -2.26. The first-order valence-electron chi connectivity index (χ1n) is 10.7. The van der Waals surface area contributed by atoms with Crippen LogP contribution in [0, 0.1) is 13.8 Å². The van der Waals surface area contributed by atoms with Crippen molar-refractivity contribution in [1.82, 2.24) is 34.2 Å². The summed E-state index contributed by atoms with van der Waals surface area (Å²) in [4.78, 5) is 31.2. The zero-order valence-corrected chi connectivity index (χ0v) is 19.2. The highest BCUT2D eigenvalue weighted by Gasteiger charge is 2.20. The van der Waals surface area contributed by atoms with Gasteiger partial charge in [0.05, 0.1) is 22.8 Å². The Hall–Kier alpha value is -3.85. The fraction of sp³-hybridized carbons (Fsp3) is 0.208. The maximum Gasteiger partial charge on any atom is 0.272 e. The van der Waals surface area contributed by atoms with Crippen molar-refractivity contribution in [2.75, 3.05) is 6.54 Å². The number of fused-ring (bicyclic) bond motifs is 1. The number of carbonyl (C=O) groups excluding carboxylic acids is 1. The maximum absolute atomic E-state index is 13.0. The molecule has 0 atom stereocenters. The lowest BCUT2D eigenvalue weighted by Gasteiger charge is -2.03. The van der Waals surface area contributed by atoms with E-state index in [-0.39, 0.29) is 5.91 Å². The second-order valence-electron chi connectivity index (χ2n) is 7.73. The van der Waals surface area contributed by atoms with E-state index in [0.29, 0.717) is 36.7 Å². The van der Waals surface area contributed by atoms with E-state index in [4.69, 9.17) is 9.97 Å². The lowest BCUT2D eigenvalue weighted by atomic mass is 10.2. The number of imidazole rings is 2. The third kappa shape index (κ3) is 4.40. The summed E-state index contributed by atoms with van der Waals surface area (Å²) in [6.45, 7) is 5.09. The molecule has 0 fully saturated rings. The minimum atomic E-state index is -0.213. The van der Waals surface area contributed by atoms with Crippen LogP contribution in [0.1, 0.15) is 32.7 Å². The molecule has 0 saturated carbocycles. The van der Waals surface area contributed by atoms with Crippen LogP contribution in [0.4, 0.5) is 0 Å². The Labute approximate surface area is 195 Å². The van der Waals surface area contributed by atoms with E-state index in [1.54, 1.807) is 17.5 Å². The van der Waals surface area contributed by atoms with Gasteiger partial charge < -0.3 is 9.88 Å². The molecule has 166 valence electrons. The maximum atomic E-state index is 13.0. The molecule has 0 radical (unpaired) electrons. The summed E-state index contributed by atoms with van der Waals surface area (Å²) in [6.07, 6.45) is 6.28. The summed E-state index contributed by atoms with van der Waals surface area (Å²) >= 11 is 1.64. The van der Waals surface area contributed by atoms with Crippen LogP contribution in [0.2, 0.25) is 0 Å². The van der Waals surface area contributed by atoms with Gasteiger partial charge in [0.15, 0.2) is 11.5 Å². The molecule has 0 spiro atoms. The van der Waals surface area contributed by atoms with E-state index in [2.05, 4.69) is 25.2 Å². The van der Waals surface area contributed by atoms with Gasteiger partial charge in [0.2, 0.25) is 0 Å². The Morgan fingerprint density at radius 2 is 1.94 bits per heavy atom. The molecule has 9 heteroatoms. The number of rotatable bonds is 7. The van der Waals surface area contributed by atoms with Crippen LogP contribution in [0.3, 0.4) is 0 Å². The number of thiazole rings is 1. The van der Waals surface area contributed by atoms with Crippen molar-refractivity contribution >= 4 is 22.8 Å². The molecule has 0 aromatic carbocycles. The Kier molecular flexibility index (Phi) is 5.70. The lowest BCUT2D eigenvalue weighted by molar-refractivity contribution is 0.0951. The van der Waals surface area contributed by atoms with Crippen LogP contribution in [0.5, 0.6) is 0 Å². The zero-order valence-electron chi connectivity index (χ0n) is 18.4. The molecule has 5 rings (SSSR count). The van der Waals surface area contributed by atoms with E-state index in [9.17, 15) is 4.79 Å². The van der Waals surface area contributed by atoms with Gasteiger partial charge in [-0.2, -0.15) is 0 Å². The molecular formula is C24H23N7OS. The van der Waals surface area contributed by atoms with Crippen LogP contribution >= 0.6 is 11.3 Å². The Balaban J connectivity index is 1.40. The summed E-state index contributed by atoms with van der Waals surface area (Å²) in [6, 6.07) is 11.5. The third-order valence-corrected chi connectivity index (χ3v) is 6.18. The van der Waals surface area contributed by atoms with Gasteiger partial charge in [-0.25, -0.2) is 15.0 Å². The molecule has 5 aromatic heterocycles. The number of hydrogen-bond donors (Lipinski definition) is 1. The van der Waals surface area contributed by atoms with Gasteiger partial charge in [0.25, 0.3) is 5.91 Å². The number of aryl methyl sites for hydroxylation is 2. The van der Waals surface area contributed by atoms with Gasteiger partial charge in [-0.1, -0.05) is 12.1 Å². The number of aromatic nitrogens is 6. The fourth-order valence-electron chi connectivity index (χ4n) is 3.75. The molecule has 1 amide bonds. The Bertz CT molecular complexity index is 1420. The minimum Gasteiger partial charge on any atom is -0.350 e. The zero-order chi connectivity index (χ0) is 22.8. The predicted molar refractivity (Wildman–Crippen MR) is 127 cm³/mol. The van der Waals surface area contributed by atoms with Gasteiger partial charge in [-0.3, -0.25) is 14.2 Å². The summed E-state index contributed by atoms with van der Waals surface area (Å²) in [5.74, 6) is 1.29. The molecule has 0 aliphatic rings. The highest BCUT2D eigenvalue weighted by atomic mass is 32.1. The molecule has 33 heavy (non-hydrogen) atoms. The van der Waals surface area contributed by atoms with Gasteiger partial charge in [0.1, 0.15) is 11.5 Å². The first-order chi connectivity index (χ1) is 16.1. The molecule has 0 unspecified atom stereocenters. The number of amides is 1. The molecule has 0 aliphatic heterocycles. The van der Waals surface area contributed by atoms with Crippen LogP contribution in [-0.2, 0) is 13.0 Å². The minimum absolute atomic E-state index is 0.213. The monoisotopic (exact) mass is 457 g/mol. The summed E-state index contributed by atoms with van der Waals surface area (Å²) < 4.78 is 3.97. The summed E-state index contributed by atoms with van der Waals surface area (Å²) in [5, 5.41) is 6.07. The first-order valence-corrected chi connectivity index (χ1v) is 11.6. The Morgan fingerprint density at radius 3 is 2.73 bits per heavy atom.